The van der Waals surface area contributed by atoms with Crippen molar-refractivity contribution in [3.63, 3.8) is 0 Å². The fraction of sp³-hybridized carbons (Fsp3) is 0.854. The molecule has 0 heterocycles. The second kappa shape index (κ2) is 34.7. The van der Waals surface area contributed by atoms with Crippen molar-refractivity contribution in [2.75, 3.05) is 13.6 Å². The van der Waals surface area contributed by atoms with E-state index in [1.165, 1.54) is 141 Å². The Kier molecular flexibility index (Phi) is 33.5. The summed E-state index contributed by atoms with van der Waals surface area (Å²) in [6.45, 7) is 7.40. The number of unbranched alkanes of at least 4 members (excludes halogenated alkanes) is 23. The topological polar surface area (TPSA) is 58.2 Å². The molecule has 2 N–H and O–H groups in total. The van der Waals surface area contributed by atoms with Crippen LogP contribution < -0.4 is 10.9 Å². The third-order valence-corrected chi connectivity index (χ3v) is 9.03. The third-order valence-electron chi connectivity index (χ3n) is 9.03. The Morgan fingerprint density at radius 1 is 0.413 bits per heavy atom. The van der Waals surface area contributed by atoms with Crippen molar-refractivity contribution in [3.8, 4) is 0 Å². The third kappa shape index (κ3) is 32.3. The van der Waals surface area contributed by atoms with Gasteiger partial charge in [-0.2, -0.15) is 10.9 Å². The monoisotopic (exact) mass is 647 g/mol. The number of nitrogens with zero attached hydrogens (tertiary/aromatic N) is 1. The number of nitrogens with one attached hydrogen (secondary N) is 2. The molecule has 0 atom stereocenters. The van der Waals surface area contributed by atoms with Gasteiger partial charge in [0.25, 0.3) is 11.8 Å². The summed E-state index contributed by atoms with van der Waals surface area (Å²) in [6.07, 6.45) is 45.1. The Labute approximate surface area is 287 Å². The number of carbonyl (C=O) groups excluding carboxylic acids is 2. The molecule has 0 aromatic heterocycles. The zero-order valence-corrected chi connectivity index (χ0v) is 31.5. The highest BCUT2D eigenvalue weighted by Crippen LogP contribution is 2.12. The summed E-state index contributed by atoms with van der Waals surface area (Å²) in [5, 5.41) is 0. The van der Waals surface area contributed by atoms with Crippen LogP contribution in [-0.4, -0.2) is 30.1 Å². The standard InChI is InChI=1S/C41H79N3O2/c1-5-8-11-13-15-17-19-21-23-25-27-29-31-33-35-37-40(45)42-44(4,39-10-7-3)43-41(46)38-36-34-32-30-28-26-24-22-20-18-16-14-12-9-6-2/h21-24H,5-20,25-39H2,1-4H3,(H-,42,43,45,46)/p+1/b23-21-,24-22-. The first kappa shape index (κ1) is 44.4. The minimum Gasteiger partial charge on any atom is -0.270 e. The van der Waals surface area contributed by atoms with Gasteiger partial charge >= 0.3 is 0 Å². The first-order valence-electron chi connectivity index (χ1n) is 20.2. The van der Waals surface area contributed by atoms with E-state index in [1.54, 1.807) is 0 Å². The molecule has 5 nitrogen and oxygen atoms in total. The minimum atomic E-state index is 0.0394. The average Bonchev–Trinajstić information content (AvgIpc) is 3.03. The molecule has 0 unspecified atom stereocenters. The molecule has 0 aromatic carbocycles. The molecular formula is C41H80N3O2+. The number of amides is 2. The smallest absolute Gasteiger partial charge is 0.267 e. The van der Waals surface area contributed by atoms with Crippen LogP contribution in [0.5, 0.6) is 0 Å². The quantitative estimate of drug-likeness (QED) is 0.0311. The maximum Gasteiger partial charge on any atom is 0.267 e. The Balaban J connectivity index is 3.93. The molecule has 0 aliphatic heterocycles. The van der Waals surface area contributed by atoms with E-state index in [2.05, 4.69) is 55.9 Å². The van der Waals surface area contributed by atoms with Crippen molar-refractivity contribution < 1.29 is 14.3 Å². The maximum atomic E-state index is 12.8. The highest BCUT2D eigenvalue weighted by molar-refractivity contribution is 5.76. The van der Waals surface area contributed by atoms with Gasteiger partial charge in [-0.05, 0) is 64.2 Å². The fourth-order valence-corrected chi connectivity index (χ4v) is 5.99. The predicted molar refractivity (Wildman–Crippen MR) is 201 cm³/mol. The first-order valence-corrected chi connectivity index (χ1v) is 20.2. The molecule has 0 rings (SSSR count). The SMILES string of the molecule is CCCCCCCC/C=C\CCCCCCCC(=O)N[N+](C)(CCCC)NC(=O)CCCCCCC/C=C\CCCCCCCC. The van der Waals surface area contributed by atoms with Crippen molar-refractivity contribution >= 4 is 11.8 Å². The van der Waals surface area contributed by atoms with E-state index in [1.807, 2.05) is 7.05 Å². The Morgan fingerprint density at radius 3 is 1.02 bits per heavy atom. The average molecular weight is 647 g/mol. The molecule has 0 aliphatic rings. The van der Waals surface area contributed by atoms with E-state index in [0.717, 1.165) is 38.5 Å². The van der Waals surface area contributed by atoms with Crippen LogP contribution in [0.2, 0.25) is 0 Å². The number of rotatable bonds is 35. The van der Waals surface area contributed by atoms with E-state index in [4.69, 9.17) is 0 Å². The molecule has 270 valence electrons. The van der Waals surface area contributed by atoms with E-state index < -0.39 is 0 Å². The number of allylic oxidation sites excluding steroid dienone is 4. The molecule has 0 bridgehead atoms. The second-order valence-electron chi connectivity index (χ2n) is 14.0. The largest absolute Gasteiger partial charge is 0.270 e. The maximum absolute atomic E-state index is 12.8. The summed E-state index contributed by atoms with van der Waals surface area (Å²) in [4.78, 5) is 25.5. The molecule has 46 heavy (non-hydrogen) atoms. The van der Waals surface area contributed by atoms with Gasteiger partial charge in [-0.1, -0.05) is 154 Å². The molecule has 2 amide bonds. The van der Waals surface area contributed by atoms with Gasteiger partial charge in [0.1, 0.15) is 13.6 Å². The normalized spacial score (nSPS) is 12.0. The van der Waals surface area contributed by atoms with Crippen molar-refractivity contribution in [1.29, 1.82) is 0 Å². The van der Waals surface area contributed by atoms with Crippen LogP contribution in [0.25, 0.3) is 0 Å². The van der Waals surface area contributed by atoms with E-state index >= 15 is 0 Å². The molecule has 0 saturated heterocycles. The fourth-order valence-electron chi connectivity index (χ4n) is 5.99. The molecule has 0 aliphatic carbocycles. The van der Waals surface area contributed by atoms with Gasteiger partial charge in [-0.15, -0.1) is 4.70 Å². The second-order valence-corrected chi connectivity index (χ2v) is 14.0. The van der Waals surface area contributed by atoms with Crippen molar-refractivity contribution in [1.82, 2.24) is 10.9 Å². The highest BCUT2D eigenvalue weighted by Gasteiger charge is 2.26. The lowest BCUT2D eigenvalue weighted by atomic mass is 10.1. The van der Waals surface area contributed by atoms with Gasteiger partial charge in [-0.25, -0.2) is 0 Å². The molecule has 0 aromatic rings. The molecule has 0 fully saturated rings. The van der Waals surface area contributed by atoms with Crippen LogP contribution in [0, 0.1) is 0 Å². The molecular weight excluding hydrogens is 566 g/mol. The van der Waals surface area contributed by atoms with Crippen LogP contribution in [0.4, 0.5) is 0 Å². The van der Waals surface area contributed by atoms with Crippen molar-refractivity contribution in [2.45, 2.75) is 213 Å². The molecule has 0 radical (unpaired) electrons. The summed E-state index contributed by atoms with van der Waals surface area (Å²) in [7, 11) is 1.92. The van der Waals surface area contributed by atoms with E-state index in [9.17, 15) is 9.59 Å². The van der Waals surface area contributed by atoms with Gasteiger partial charge in [0.15, 0.2) is 0 Å². The van der Waals surface area contributed by atoms with Crippen LogP contribution in [-0.2, 0) is 9.59 Å². The zero-order chi connectivity index (χ0) is 33.8. The van der Waals surface area contributed by atoms with Crippen LogP contribution in [0.3, 0.4) is 0 Å². The molecule has 0 spiro atoms. The predicted octanol–water partition coefficient (Wildman–Crippen LogP) is 12.4. The zero-order valence-electron chi connectivity index (χ0n) is 31.5. The molecule has 0 saturated carbocycles. The molecule has 5 heteroatoms. The van der Waals surface area contributed by atoms with Gasteiger partial charge in [-0.3, -0.25) is 9.59 Å². The number of hydrogen-bond acceptors (Lipinski definition) is 2. The number of hydrogen-bond donors (Lipinski definition) is 2. The summed E-state index contributed by atoms with van der Waals surface area (Å²) in [5.41, 5.74) is 6.23. The number of carbonyl (C=O) groups is 2. The van der Waals surface area contributed by atoms with Crippen molar-refractivity contribution in [3.05, 3.63) is 24.3 Å². The van der Waals surface area contributed by atoms with Crippen LogP contribution >= 0.6 is 0 Å². The minimum absolute atomic E-state index is 0.0394. The van der Waals surface area contributed by atoms with Crippen molar-refractivity contribution in [2.24, 2.45) is 0 Å². The lowest BCUT2D eigenvalue weighted by molar-refractivity contribution is -0.976. The highest BCUT2D eigenvalue weighted by atomic mass is 16.2. The first-order chi connectivity index (χ1) is 22.5. The van der Waals surface area contributed by atoms with E-state index in [-0.39, 0.29) is 16.5 Å². The van der Waals surface area contributed by atoms with Crippen LogP contribution in [0.15, 0.2) is 24.3 Å². The summed E-state index contributed by atoms with van der Waals surface area (Å²) < 4.78 is 0.113. The summed E-state index contributed by atoms with van der Waals surface area (Å²) in [6, 6.07) is 0. The summed E-state index contributed by atoms with van der Waals surface area (Å²) in [5.74, 6) is 0.0788. The van der Waals surface area contributed by atoms with Gasteiger partial charge in [0.2, 0.25) is 0 Å². The Bertz CT molecular complexity index is 679. The summed E-state index contributed by atoms with van der Waals surface area (Å²) >= 11 is 0. The van der Waals surface area contributed by atoms with Crippen LogP contribution in [0.1, 0.15) is 213 Å². The lowest BCUT2D eigenvalue weighted by Gasteiger charge is -2.32. The van der Waals surface area contributed by atoms with Gasteiger partial charge in [0.05, 0.1) is 0 Å². The Hall–Kier alpha value is -1.62. The van der Waals surface area contributed by atoms with Gasteiger partial charge in [0, 0.05) is 19.3 Å². The van der Waals surface area contributed by atoms with Gasteiger partial charge < -0.3 is 0 Å². The Morgan fingerprint density at radius 2 is 0.696 bits per heavy atom. The number of quaternary nitrogens is 1. The lowest BCUT2D eigenvalue weighted by Crippen LogP contribution is -2.67. The van der Waals surface area contributed by atoms with E-state index in [0.29, 0.717) is 19.4 Å².